The van der Waals surface area contributed by atoms with Crippen LogP contribution in [0.3, 0.4) is 0 Å². The van der Waals surface area contributed by atoms with Gasteiger partial charge in [-0.25, -0.2) is 9.78 Å². The van der Waals surface area contributed by atoms with Crippen molar-refractivity contribution in [1.82, 2.24) is 9.55 Å². The highest BCUT2D eigenvalue weighted by atomic mass is 16.5. The minimum absolute atomic E-state index is 0.209. The lowest BCUT2D eigenvalue weighted by Gasteiger charge is -2.08. The molecule has 102 valence electrons. The second-order valence-electron chi connectivity index (χ2n) is 3.96. The third kappa shape index (κ3) is 3.22. The second kappa shape index (κ2) is 7.00. The molecule has 0 saturated carbocycles. The molecular formula is C12H21N3O3. The quantitative estimate of drug-likeness (QED) is 0.585. The summed E-state index contributed by atoms with van der Waals surface area (Å²) in [6.45, 7) is 3.44. The predicted molar refractivity (Wildman–Crippen MR) is 68.5 cm³/mol. The summed E-state index contributed by atoms with van der Waals surface area (Å²) in [4.78, 5) is 15.7. The number of nitrogens with two attached hydrogens (primary N) is 1. The first kappa shape index (κ1) is 14.5. The van der Waals surface area contributed by atoms with E-state index in [1.165, 1.54) is 7.11 Å². The Bertz CT molecular complexity index is 402. The van der Waals surface area contributed by atoms with Crippen molar-refractivity contribution in [3.05, 3.63) is 11.5 Å². The topological polar surface area (TPSA) is 79.4 Å². The van der Waals surface area contributed by atoms with Crippen LogP contribution in [0.25, 0.3) is 0 Å². The maximum atomic E-state index is 11.5. The van der Waals surface area contributed by atoms with Crippen LogP contribution in [0, 0.1) is 0 Å². The Balaban J connectivity index is 2.82. The number of hydrogen-bond donors (Lipinski definition) is 1. The molecule has 0 unspecified atom stereocenters. The molecule has 6 heteroatoms. The van der Waals surface area contributed by atoms with Gasteiger partial charge in [-0.3, -0.25) is 0 Å². The molecule has 0 amide bonds. The van der Waals surface area contributed by atoms with Crippen LogP contribution in [0.5, 0.6) is 0 Å². The average molecular weight is 255 g/mol. The number of carbonyl (C=O) groups excluding carboxylic acids is 1. The Labute approximate surface area is 107 Å². The zero-order valence-electron chi connectivity index (χ0n) is 11.2. The molecule has 0 aliphatic rings. The number of ether oxygens (including phenoxy) is 2. The molecule has 18 heavy (non-hydrogen) atoms. The third-order valence-electron chi connectivity index (χ3n) is 2.76. The number of esters is 1. The molecule has 0 aromatic carbocycles. The number of nitrogens with zero attached hydrogens (tertiary/aromatic N) is 2. The van der Waals surface area contributed by atoms with Crippen LogP contribution in [0.15, 0.2) is 0 Å². The minimum atomic E-state index is -0.488. The largest absolute Gasteiger partial charge is 0.464 e. The first-order valence-electron chi connectivity index (χ1n) is 6.07. The van der Waals surface area contributed by atoms with Gasteiger partial charge in [0.15, 0.2) is 5.69 Å². The molecule has 0 saturated heterocycles. The molecule has 0 fully saturated rings. The third-order valence-corrected chi connectivity index (χ3v) is 2.76. The van der Waals surface area contributed by atoms with Crippen molar-refractivity contribution in [1.29, 1.82) is 0 Å². The highest BCUT2D eigenvalue weighted by molar-refractivity contribution is 5.92. The maximum absolute atomic E-state index is 11.5. The fraction of sp³-hybridized carbons (Fsp3) is 0.667. The van der Waals surface area contributed by atoms with Crippen molar-refractivity contribution in [2.24, 2.45) is 0 Å². The number of hydrogen-bond acceptors (Lipinski definition) is 5. The van der Waals surface area contributed by atoms with Crippen molar-refractivity contribution in [3.8, 4) is 0 Å². The van der Waals surface area contributed by atoms with E-state index in [9.17, 15) is 4.79 Å². The van der Waals surface area contributed by atoms with E-state index in [0.29, 0.717) is 5.82 Å². The molecule has 0 aliphatic heterocycles. The van der Waals surface area contributed by atoms with Crippen LogP contribution in [-0.4, -0.2) is 36.3 Å². The average Bonchev–Trinajstić information content (AvgIpc) is 2.71. The Morgan fingerprint density at radius 3 is 2.67 bits per heavy atom. The lowest BCUT2D eigenvalue weighted by Crippen LogP contribution is -2.10. The molecule has 6 nitrogen and oxygen atoms in total. The molecular weight excluding hydrogens is 234 g/mol. The van der Waals surface area contributed by atoms with Gasteiger partial charge in [-0.1, -0.05) is 6.92 Å². The molecule has 0 bridgehead atoms. The minimum Gasteiger partial charge on any atom is -0.464 e. The smallest absolute Gasteiger partial charge is 0.360 e. The first-order chi connectivity index (χ1) is 8.65. The molecule has 1 aromatic rings. The number of methoxy groups -OCH3 is 2. The van der Waals surface area contributed by atoms with Crippen molar-refractivity contribution in [3.63, 3.8) is 0 Å². The number of unbranched alkanes of at least 4 members (excludes halogenated alkanes) is 1. The number of anilines is 1. The Kier molecular flexibility index (Phi) is 5.64. The Morgan fingerprint density at radius 1 is 1.39 bits per heavy atom. The van der Waals surface area contributed by atoms with Gasteiger partial charge >= 0.3 is 5.97 Å². The van der Waals surface area contributed by atoms with Gasteiger partial charge in [-0.05, 0) is 12.8 Å². The fourth-order valence-corrected chi connectivity index (χ4v) is 1.80. The first-order valence-corrected chi connectivity index (χ1v) is 6.07. The number of carbonyl (C=O) groups is 1. The molecule has 0 aliphatic carbocycles. The van der Waals surface area contributed by atoms with Crippen molar-refractivity contribution >= 4 is 11.8 Å². The lowest BCUT2D eigenvalue weighted by atomic mass is 10.3. The van der Waals surface area contributed by atoms with Crippen LogP contribution < -0.4 is 5.73 Å². The highest BCUT2D eigenvalue weighted by Crippen LogP contribution is 2.17. The summed E-state index contributed by atoms with van der Waals surface area (Å²) in [6, 6.07) is 0. The SMILES string of the molecule is CCc1nc(C(=O)OC)c(N)n1CCCCOC. The van der Waals surface area contributed by atoms with Gasteiger partial charge in [-0.2, -0.15) is 0 Å². The number of aryl methyl sites for hydroxylation is 1. The van der Waals surface area contributed by atoms with Gasteiger partial charge in [0.1, 0.15) is 11.6 Å². The van der Waals surface area contributed by atoms with Crippen LogP contribution in [-0.2, 0) is 22.4 Å². The Hall–Kier alpha value is -1.56. The molecule has 0 atom stereocenters. The lowest BCUT2D eigenvalue weighted by molar-refractivity contribution is 0.0595. The second-order valence-corrected chi connectivity index (χ2v) is 3.96. The molecule has 2 N–H and O–H groups in total. The molecule has 1 rings (SSSR count). The molecule has 1 heterocycles. The summed E-state index contributed by atoms with van der Waals surface area (Å²) in [5.74, 6) is 0.708. The zero-order chi connectivity index (χ0) is 13.5. The van der Waals surface area contributed by atoms with Gasteiger partial charge in [0.2, 0.25) is 0 Å². The summed E-state index contributed by atoms with van der Waals surface area (Å²) in [5.41, 5.74) is 6.15. The van der Waals surface area contributed by atoms with Crippen LogP contribution in [0.2, 0.25) is 0 Å². The van der Waals surface area contributed by atoms with Crippen LogP contribution >= 0.6 is 0 Å². The van der Waals surface area contributed by atoms with E-state index < -0.39 is 5.97 Å². The van der Waals surface area contributed by atoms with E-state index in [0.717, 1.165) is 38.2 Å². The summed E-state index contributed by atoms with van der Waals surface area (Å²) < 4.78 is 11.5. The summed E-state index contributed by atoms with van der Waals surface area (Å²) >= 11 is 0. The predicted octanol–water partition coefficient (Wildman–Crippen LogP) is 1.24. The van der Waals surface area contributed by atoms with E-state index >= 15 is 0 Å². The molecule has 0 radical (unpaired) electrons. The van der Waals surface area contributed by atoms with Crippen molar-refractivity contribution in [2.45, 2.75) is 32.7 Å². The van der Waals surface area contributed by atoms with E-state index in [1.54, 1.807) is 7.11 Å². The van der Waals surface area contributed by atoms with Crippen LogP contribution in [0.4, 0.5) is 5.82 Å². The molecule has 0 spiro atoms. The van der Waals surface area contributed by atoms with E-state index in [-0.39, 0.29) is 5.69 Å². The van der Waals surface area contributed by atoms with Gasteiger partial charge in [0.05, 0.1) is 7.11 Å². The Morgan fingerprint density at radius 2 is 2.11 bits per heavy atom. The maximum Gasteiger partial charge on any atom is 0.360 e. The fourth-order valence-electron chi connectivity index (χ4n) is 1.80. The summed E-state index contributed by atoms with van der Waals surface area (Å²) in [7, 11) is 3.00. The summed E-state index contributed by atoms with van der Waals surface area (Å²) in [6.07, 6.45) is 2.61. The number of imidazole rings is 1. The number of rotatable bonds is 7. The zero-order valence-corrected chi connectivity index (χ0v) is 11.2. The van der Waals surface area contributed by atoms with E-state index in [2.05, 4.69) is 9.72 Å². The number of nitrogen functional groups attached to an aromatic ring is 1. The number of aromatic nitrogens is 2. The molecule has 1 aromatic heterocycles. The summed E-state index contributed by atoms with van der Waals surface area (Å²) in [5, 5.41) is 0. The standard InChI is InChI=1S/C12H21N3O3/c1-4-9-14-10(12(16)18-3)11(13)15(9)7-5-6-8-17-2/h4-8,13H2,1-3H3. The van der Waals surface area contributed by atoms with Crippen LogP contribution in [0.1, 0.15) is 36.1 Å². The van der Waals surface area contributed by atoms with Gasteiger partial charge < -0.3 is 19.8 Å². The van der Waals surface area contributed by atoms with Gasteiger partial charge in [0.25, 0.3) is 0 Å². The van der Waals surface area contributed by atoms with Gasteiger partial charge in [-0.15, -0.1) is 0 Å². The van der Waals surface area contributed by atoms with E-state index in [4.69, 9.17) is 10.5 Å². The van der Waals surface area contributed by atoms with Crippen molar-refractivity contribution < 1.29 is 14.3 Å². The normalized spacial score (nSPS) is 10.6. The van der Waals surface area contributed by atoms with Gasteiger partial charge in [0, 0.05) is 26.7 Å². The van der Waals surface area contributed by atoms with Crippen molar-refractivity contribution in [2.75, 3.05) is 26.6 Å². The monoisotopic (exact) mass is 255 g/mol. The highest BCUT2D eigenvalue weighted by Gasteiger charge is 2.19. The van der Waals surface area contributed by atoms with E-state index in [1.807, 2.05) is 11.5 Å².